The second kappa shape index (κ2) is 14.3. The standard InChI is InChI=1S/C55H32N6S2/c1-4-16-33(17-5-1)48-51-49(39-23-11-13-28-45(39)62-51)57-55(56-48)42-26-14-24-40-47-41(25-15-29-46(47)63-50(40)42)54-59-52(34-18-6-2-7-19-34)58-53(60-54)35-30-31-38-37-22-10-12-27-43(37)61(44(38)32-35)36-20-8-3-9-21-36/h1-32H. The van der Waals surface area contributed by atoms with Gasteiger partial charge in [-0.2, -0.15) is 0 Å². The molecular formula is C55H32N6S2. The summed E-state index contributed by atoms with van der Waals surface area (Å²) < 4.78 is 6.88. The van der Waals surface area contributed by atoms with Crippen molar-refractivity contribution in [2.75, 3.05) is 0 Å². The van der Waals surface area contributed by atoms with E-state index in [0.717, 1.165) is 86.0 Å². The first-order valence-electron chi connectivity index (χ1n) is 20.8. The van der Waals surface area contributed by atoms with Crippen LogP contribution in [0.15, 0.2) is 194 Å². The molecule has 0 unspecified atom stereocenters. The van der Waals surface area contributed by atoms with Gasteiger partial charge in [-0.1, -0.05) is 152 Å². The zero-order valence-corrected chi connectivity index (χ0v) is 35.1. The molecular weight excluding hydrogens is 809 g/mol. The predicted molar refractivity (Wildman–Crippen MR) is 263 cm³/mol. The zero-order valence-electron chi connectivity index (χ0n) is 33.5. The molecule has 0 atom stereocenters. The lowest BCUT2D eigenvalue weighted by atomic mass is 10.0. The number of aromatic nitrogens is 6. The van der Waals surface area contributed by atoms with E-state index in [1.807, 2.05) is 24.3 Å². The van der Waals surface area contributed by atoms with Crippen LogP contribution in [0.4, 0.5) is 0 Å². The topological polar surface area (TPSA) is 69.4 Å². The average Bonchev–Trinajstić information content (AvgIpc) is 4.04. The molecule has 8 heteroatoms. The maximum atomic E-state index is 5.36. The lowest BCUT2D eigenvalue weighted by Gasteiger charge is -2.11. The van der Waals surface area contributed by atoms with Gasteiger partial charge < -0.3 is 4.57 Å². The summed E-state index contributed by atoms with van der Waals surface area (Å²) >= 11 is 3.51. The minimum Gasteiger partial charge on any atom is -0.309 e. The Morgan fingerprint density at radius 2 is 0.937 bits per heavy atom. The van der Waals surface area contributed by atoms with Crippen LogP contribution in [0.3, 0.4) is 0 Å². The molecule has 0 bridgehead atoms. The molecule has 0 saturated heterocycles. The third-order valence-electron chi connectivity index (χ3n) is 11.9. The number of thiophene rings is 2. The first-order valence-corrected chi connectivity index (χ1v) is 22.5. The van der Waals surface area contributed by atoms with Crippen molar-refractivity contribution in [2.45, 2.75) is 0 Å². The summed E-state index contributed by atoms with van der Waals surface area (Å²) in [6, 6.07) is 67.8. The third-order valence-corrected chi connectivity index (χ3v) is 14.3. The van der Waals surface area contributed by atoms with E-state index in [0.29, 0.717) is 23.3 Å². The van der Waals surface area contributed by atoms with Gasteiger partial charge in [-0.25, -0.2) is 24.9 Å². The van der Waals surface area contributed by atoms with Crippen LogP contribution in [0.2, 0.25) is 0 Å². The van der Waals surface area contributed by atoms with E-state index in [4.69, 9.17) is 24.9 Å². The summed E-state index contributed by atoms with van der Waals surface area (Å²) in [5.74, 6) is 2.56. The Balaban J connectivity index is 1.02. The van der Waals surface area contributed by atoms with Crippen molar-refractivity contribution in [3.8, 4) is 62.5 Å². The van der Waals surface area contributed by atoms with Gasteiger partial charge in [0.15, 0.2) is 23.3 Å². The molecule has 5 heterocycles. The Morgan fingerprint density at radius 3 is 1.76 bits per heavy atom. The molecule has 8 aromatic carbocycles. The van der Waals surface area contributed by atoms with Crippen molar-refractivity contribution in [3.63, 3.8) is 0 Å². The highest BCUT2D eigenvalue weighted by atomic mass is 32.1. The van der Waals surface area contributed by atoms with Crippen molar-refractivity contribution in [3.05, 3.63) is 194 Å². The van der Waals surface area contributed by atoms with Crippen LogP contribution in [0.1, 0.15) is 0 Å². The first-order chi connectivity index (χ1) is 31.2. The number of fused-ring (bicyclic) bond motifs is 9. The second-order valence-corrected chi connectivity index (χ2v) is 17.7. The Morgan fingerprint density at radius 1 is 0.349 bits per heavy atom. The lowest BCUT2D eigenvalue weighted by Crippen LogP contribution is -2.00. The number of nitrogens with zero attached hydrogens (tertiary/aromatic N) is 6. The summed E-state index contributed by atoms with van der Waals surface area (Å²) in [4.78, 5) is 26.4. The Hall–Kier alpha value is -7.91. The van der Waals surface area contributed by atoms with E-state index >= 15 is 0 Å². The van der Waals surface area contributed by atoms with Gasteiger partial charge in [0.2, 0.25) is 0 Å². The largest absolute Gasteiger partial charge is 0.309 e. The monoisotopic (exact) mass is 840 g/mol. The van der Waals surface area contributed by atoms with Gasteiger partial charge in [0.05, 0.1) is 26.9 Å². The molecule has 0 aliphatic rings. The smallest absolute Gasteiger partial charge is 0.164 e. The van der Waals surface area contributed by atoms with Gasteiger partial charge in [0, 0.05) is 74.5 Å². The summed E-state index contributed by atoms with van der Waals surface area (Å²) in [5, 5.41) is 5.72. The summed E-state index contributed by atoms with van der Waals surface area (Å²) in [5.41, 5.74) is 10.1. The predicted octanol–water partition coefficient (Wildman–Crippen LogP) is 14.8. The Labute approximate surface area is 369 Å². The minimum absolute atomic E-state index is 0.612. The molecule has 0 radical (unpaired) electrons. The average molecular weight is 841 g/mol. The summed E-state index contributed by atoms with van der Waals surface area (Å²) in [6.45, 7) is 0. The van der Waals surface area contributed by atoms with Crippen LogP contribution in [-0.2, 0) is 0 Å². The number of rotatable bonds is 6. The van der Waals surface area contributed by atoms with Crippen LogP contribution in [0.5, 0.6) is 0 Å². The quantitative estimate of drug-likeness (QED) is 0.167. The number of para-hydroxylation sites is 2. The highest BCUT2D eigenvalue weighted by molar-refractivity contribution is 7.26. The molecule has 63 heavy (non-hydrogen) atoms. The zero-order chi connectivity index (χ0) is 41.4. The Bertz CT molecular complexity index is 3910. The van der Waals surface area contributed by atoms with Crippen molar-refractivity contribution in [1.82, 2.24) is 29.5 Å². The van der Waals surface area contributed by atoms with Crippen LogP contribution < -0.4 is 0 Å². The van der Waals surface area contributed by atoms with Crippen molar-refractivity contribution >= 4 is 85.0 Å². The van der Waals surface area contributed by atoms with E-state index in [2.05, 4.69) is 174 Å². The van der Waals surface area contributed by atoms with Crippen LogP contribution in [0, 0.1) is 0 Å². The van der Waals surface area contributed by atoms with Gasteiger partial charge in [0.25, 0.3) is 0 Å². The maximum absolute atomic E-state index is 5.36. The summed E-state index contributed by atoms with van der Waals surface area (Å²) in [6.07, 6.45) is 0. The minimum atomic E-state index is 0.612. The first kappa shape index (κ1) is 35.8. The number of hydrogen-bond donors (Lipinski definition) is 0. The molecule has 294 valence electrons. The van der Waals surface area contributed by atoms with Crippen LogP contribution >= 0.6 is 22.7 Å². The van der Waals surface area contributed by atoms with Gasteiger partial charge in [-0.3, -0.25) is 0 Å². The van der Waals surface area contributed by atoms with Gasteiger partial charge >= 0.3 is 0 Å². The van der Waals surface area contributed by atoms with E-state index in [1.54, 1.807) is 22.7 Å². The number of benzene rings is 8. The molecule has 0 saturated carbocycles. The molecule has 0 aliphatic heterocycles. The molecule has 0 amide bonds. The molecule has 0 spiro atoms. The van der Waals surface area contributed by atoms with E-state index in [1.165, 1.54) is 15.5 Å². The lowest BCUT2D eigenvalue weighted by molar-refractivity contribution is 1.08. The fraction of sp³-hybridized carbons (Fsp3) is 0. The van der Waals surface area contributed by atoms with Gasteiger partial charge in [-0.05, 0) is 42.5 Å². The number of hydrogen-bond acceptors (Lipinski definition) is 7. The van der Waals surface area contributed by atoms with Crippen molar-refractivity contribution in [2.24, 2.45) is 0 Å². The van der Waals surface area contributed by atoms with E-state index in [-0.39, 0.29) is 0 Å². The molecule has 13 aromatic rings. The van der Waals surface area contributed by atoms with E-state index in [9.17, 15) is 0 Å². The molecule has 6 nitrogen and oxygen atoms in total. The molecule has 13 rings (SSSR count). The highest BCUT2D eigenvalue weighted by Crippen LogP contribution is 2.45. The SMILES string of the molecule is c1ccc(-c2nc(-c3ccc4c5ccccc5n(-c5ccccc5)c4c3)nc(-c3cccc4sc5c(-c6nc(-c7ccccc7)c7sc8ccccc8c7n6)cccc5c34)n2)cc1. The van der Waals surface area contributed by atoms with Crippen molar-refractivity contribution < 1.29 is 0 Å². The fourth-order valence-electron chi connectivity index (χ4n) is 9.02. The molecule has 0 aliphatic carbocycles. The maximum Gasteiger partial charge on any atom is 0.164 e. The normalized spacial score (nSPS) is 11.8. The second-order valence-electron chi connectivity index (χ2n) is 15.6. The van der Waals surface area contributed by atoms with Crippen LogP contribution in [0.25, 0.3) is 125 Å². The molecule has 0 N–H and O–H groups in total. The fourth-order valence-corrected chi connectivity index (χ4v) is 11.4. The highest BCUT2D eigenvalue weighted by Gasteiger charge is 2.22. The van der Waals surface area contributed by atoms with E-state index < -0.39 is 0 Å². The van der Waals surface area contributed by atoms with Gasteiger partial charge in [0.1, 0.15) is 0 Å². The summed E-state index contributed by atoms with van der Waals surface area (Å²) in [7, 11) is 0. The molecule has 5 aromatic heterocycles. The molecule has 0 fully saturated rings. The van der Waals surface area contributed by atoms with Crippen molar-refractivity contribution in [1.29, 1.82) is 0 Å². The third kappa shape index (κ3) is 5.80. The van der Waals surface area contributed by atoms with Crippen LogP contribution in [-0.4, -0.2) is 29.5 Å². The van der Waals surface area contributed by atoms with Gasteiger partial charge in [-0.15, -0.1) is 22.7 Å². The Kier molecular flexibility index (Phi) is 8.15.